The van der Waals surface area contributed by atoms with Crippen molar-refractivity contribution in [3.05, 3.63) is 139 Å². The lowest BCUT2D eigenvalue weighted by atomic mass is 10.0. The third-order valence-corrected chi connectivity index (χ3v) is 7.86. The molecule has 2 aromatic heterocycles. The molecule has 0 N–H and O–H groups in total. The summed E-state index contributed by atoms with van der Waals surface area (Å²) in [6.45, 7) is 5.80. The molecule has 0 saturated heterocycles. The maximum absolute atomic E-state index is 10.1. The van der Waals surface area contributed by atoms with E-state index in [9.17, 15) is 5.26 Å². The van der Waals surface area contributed by atoms with E-state index >= 15 is 0 Å². The van der Waals surface area contributed by atoms with Crippen molar-refractivity contribution in [2.75, 3.05) is 0 Å². The second kappa shape index (κ2) is 9.82. The highest BCUT2D eigenvalue weighted by atomic mass is 15.0. The van der Waals surface area contributed by atoms with Crippen molar-refractivity contribution < 1.29 is 0 Å². The number of nitrogens with zero attached hydrogens (tertiary/aromatic N) is 4. The lowest BCUT2D eigenvalue weighted by molar-refractivity contribution is 1.17. The summed E-state index contributed by atoms with van der Waals surface area (Å²) in [5, 5.41) is 14.9. The van der Waals surface area contributed by atoms with E-state index in [1.165, 1.54) is 21.5 Å². The maximum atomic E-state index is 10.1. The van der Waals surface area contributed by atoms with Gasteiger partial charge in [-0.3, -0.25) is 4.99 Å². The van der Waals surface area contributed by atoms with Crippen LogP contribution in [0.5, 0.6) is 0 Å². The van der Waals surface area contributed by atoms with E-state index in [0.717, 1.165) is 44.6 Å². The fourth-order valence-electron chi connectivity index (χ4n) is 6.04. The van der Waals surface area contributed by atoms with Gasteiger partial charge in [0.15, 0.2) is 0 Å². The molecule has 0 aliphatic carbocycles. The second-order valence-electron chi connectivity index (χ2n) is 10.1. The Hall–Kier alpha value is -5.66. The highest BCUT2D eigenvalue weighted by molar-refractivity contribution is 6.12. The summed E-state index contributed by atoms with van der Waals surface area (Å²) in [7, 11) is 0. The van der Waals surface area contributed by atoms with E-state index in [-0.39, 0.29) is 0 Å². The monoisotopic (exact) mass is 526 g/mol. The van der Waals surface area contributed by atoms with E-state index in [1.54, 1.807) is 6.20 Å². The van der Waals surface area contributed by atoms with Gasteiger partial charge in [-0.25, -0.2) is 0 Å². The van der Waals surface area contributed by atoms with E-state index in [4.69, 9.17) is 0 Å². The fraction of sp³-hybridized carbons (Fsp3) is 0.0270. The van der Waals surface area contributed by atoms with Crippen LogP contribution in [0, 0.1) is 11.3 Å². The van der Waals surface area contributed by atoms with Gasteiger partial charge in [0.1, 0.15) is 0 Å². The molecule has 5 aromatic carbocycles. The minimum atomic E-state index is 0.603. The Morgan fingerprint density at radius 3 is 1.71 bits per heavy atom. The minimum Gasteiger partial charge on any atom is -0.309 e. The van der Waals surface area contributed by atoms with Gasteiger partial charge in [0.25, 0.3) is 0 Å². The molecule has 7 rings (SSSR count). The summed E-state index contributed by atoms with van der Waals surface area (Å²) in [5.74, 6) is 0. The minimum absolute atomic E-state index is 0.603. The van der Waals surface area contributed by atoms with Crippen molar-refractivity contribution in [2.45, 2.75) is 6.92 Å². The molecule has 4 heteroatoms. The third-order valence-electron chi connectivity index (χ3n) is 7.86. The van der Waals surface area contributed by atoms with Crippen molar-refractivity contribution in [1.29, 1.82) is 5.26 Å². The van der Waals surface area contributed by atoms with Crippen LogP contribution in [0.25, 0.3) is 60.6 Å². The second-order valence-corrected chi connectivity index (χ2v) is 10.1. The van der Waals surface area contributed by atoms with E-state index in [2.05, 4.69) is 137 Å². The van der Waals surface area contributed by atoms with Crippen molar-refractivity contribution in [2.24, 2.45) is 4.99 Å². The smallest absolute Gasteiger partial charge is 0.0992 e. The van der Waals surface area contributed by atoms with Crippen LogP contribution in [0.1, 0.15) is 18.1 Å². The first-order valence-corrected chi connectivity index (χ1v) is 13.6. The Morgan fingerprint density at radius 1 is 0.707 bits per heavy atom. The van der Waals surface area contributed by atoms with Gasteiger partial charge in [-0.1, -0.05) is 72.8 Å². The van der Waals surface area contributed by atoms with E-state index < -0.39 is 0 Å². The SMILES string of the molecule is C=N/C=C\C(=C(/C)c1cc(C#N)cc(-n2c3ccccc3c3ccccc32)c1)n1c2ccccc2c2ccccc21. The Kier molecular flexibility index (Phi) is 5.84. The largest absolute Gasteiger partial charge is 0.309 e. The Balaban J connectivity index is 1.54. The zero-order valence-corrected chi connectivity index (χ0v) is 22.6. The lowest BCUT2D eigenvalue weighted by Gasteiger charge is -2.16. The molecule has 0 amide bonds. The number of rotatable bonds is 5. The zero-order valence-electron chi connectivity index (χ0n) is 22.6. The molecule has 2 heterocycles. The highest BCUT2D eigenvalue weighted by Gasteiger charge is 2.17. The van der Waals surface area contributed by atoms with Crippen LogP contribution in [-0.4, -0.2) is 15.9 Å². The van der Waals surface area contributed by atoms with Crippen LogP contribution in [0.2, 0.25) is 0 Å². The molecule has 0 aliphatic rings. The molecule has 0 spiro atoms. The van der Waals surface area contributed by atoms with Crippen LogP contribution >= 0.6 is 0 Å². The molecule has 194 valence electrons. The van der Waals surface area contributed by atoms with Gasteiger partial charge in [-0.2, -0.15) is 5.26 Å². The summed E-state index contributed by atoms with van der Waals surface area (Å²) >= 11 is 0. The summed E-state index contributed by atoms with van der Waals surface area (Å²) in [5.41, 5.74) is 8.94. The van der Waals surface area contributed by atoms with Gasteiger partial charge in [-0.15, -0.1) is 0 Å². The number of allylic oxidation sites excluding steroid dienone is 3. The number of nitriles is 1. The number of benzene rings is 5. The number of hydrogen-bond acceptors (Lipinski definition) is 2. The van der Waals surface area contributed by atoms with Crippen molar-refractivity contribution in [3.63, 3.8) is 0 Å². The molecule has 7 aromatic rings. The topological polar surface area (TPSA) is 46.0 Å². The summed E-state index contributed by atoms with van der Waals surface area (Å²) in [6.07, 6.45) is 3.73. The summed E-state index contributed by atoms with van der Waals surface area (Å²) in [4.78, 5) is 4.05. The van der Waals surface area contributed by atoms with Crippen LogP contribution in [0.15, 0.2) is 133 Å². The molecule has 0 atom stereocenters. The van der Waals surface area contributed by atoms with Gasteiger partial charge < -0.3 is 9.13 Å². The maximum Gasteiger partial charge on any atom is 0.0992 e. The highest BCUT2D eigenvalue weighted by Crippen LogP contribution is 2.37. The van der Waals surface area contributed by atoms with Gasteiger partial charge in [0.05, 0.1) is 39.4 Å². The number of aliphatic imine (C=N–C) groups is 1. The first-order valence-electron chi connectivity index (χ1n) is 13.6. The van der Waals surface area contributed by atoms with Gasteiger partial charge in [0.2, 0.25) is 0 Å². The summed E-state index contributed by atoms with van der Waals surface area (Å²) in [6, 6.07) is 42.3. The Bertz CT molecular complexity index is 2140. The van der Waals surface area contributed by atoms with Crippen molar-refractivity contribution >= 4 is 61.6 Å². The normalized spacial score (nSPS) is 12.4. The molecule has 0 saturated carbocycles. The molecule has 0 radical (unpaired) electrons. The molecule has 0 bridgehead atoms. The van der Waals surface area contributed by atoms with Crippen molar-refractivity contribution in [3.8, 4) is 11.8 Å². The predicted molar refractivity (Wildman–Crippen MR) is 172 cm³/mol. The van der Waals surface area contributed by atoms with Crippen LogP contribution < -0.4 is 0 Å². The molecular weight excluding hydrogens is 500 g/mol. The quantitative estimate of drug-likeness (QED) is 0.163. The van der Waals surface area contributed by atoms with Gasteiger partial charge >= 0.3 is 0 Å². The molecule has 41 heavy (non-hydrogen) atoms. The molecule has 0 aliphatic heterocycles. The molecule has 0 fully saturated rings. The molecule has 4 nitrogen and oxygen atoms in total. The number of hydrogen-bond donors (Lipinski definition) is 0. The number of para-hydroxylation sites is 4. The van der Waals surface area contributed by atoms with Crippen molar-refractivity contribution in [1.82, 2.24) is 9.13 Å². The van der Waals surface area contributed by atoms with E-state index in [1.807, 2.05) is 18.2 Å². The Labute approximate surface area is 238 Å². The van der Waals surface area contributed by atoms with Crippen LogP contribution in [-0.2, 0) is 0 Å². The third kappa shape index (κ3) is 3.87. The standard InChI is InChI=1S/C37H26N4/c1-25(33(19-20-39-2)41-36-17-9-5-13-31(36)32-14-6-10-18-37(32)41)27-21-26(24-38)22-28(23-27)40-34-15-7-3-11-29(34)30-12-4-8-16-35(30)40/h3-23H,2H2,1H3/b20-19-,33-25-. The summed E-state index contributed by atoms with van der Waals surface area (Å²) < 4.78 is 4.53. The molecule has 0 unspecified atom stereocenters. The lowest BCUT2D eigenvalue weighted by Crippen LogP contribution is -2.00. The van der Waals surface area contributed by atoms with Crippen LogP contribution in [0.3, 0.4) is 0 Å². The fourth-order valence-corrected chi connectivity index (χ4v) is 6.04. The van der Waals surface area contributed by atoms with E-state index in [0.29, 0.717) is 5.56 Å². The van der Waals surface area contributed by atoms with Crippen LogP contribution in [0.4, 0.5) is 0 Å². The van der Waals surface area contributed by atoms with Gasteiger partial charge in [-0.05, 0) is 73.3 Å². The average molecular weight is 527 g/mol. The first-order chi connectivity index (χ1) is 20.2. The average Bonchev–Trinajstić information content (AvgIpc) is 3.54. The molecular formula is C37H26N4. The number of fused-ring (bicyclic) bond motifs is 6. The first kappa shape index (κ1) is 24.4. The van der Waals surface area contributed by atoms with Gasteiger partial charge in [0, 0.05) is 33.4 Å². The Morgan fingerprint density at radius 2 is 1.20 bits per heavy atom. The zero-order chi connectivity index (χ0) is 27.9. The predicted octanol–water partition coefficient (Wildman–Crippen LogP) is 9.37. The number of aromatic nitrogens is 2.